The van der Waals surface area contributed by atoms with Crippen molar-refractivity contribution in [1.29, 1.82) is 0 Å². The molecule has 0 saturated heterocycles. The van der Waals surface area contributed by atoms with Crippen LogP contribution < -0.4 is 10.1 Å². The van der Waals surface area contributed by atoms with E-state index in [1.54, 1.807) is 11.3 Å². The van der Waals surface area contributed by atoms with Crippen LogP contribution in [0.15, 0.2) is 40.2 Å². The third kappa shape index (κ3) is 4.08. The average Bonchev–Trinajstić information content (AvgIpc) is 2.89. The van der Waals surface area contributed by atoms with Gasteiger partial charge in [-0.1, -0.05) is 26.0 Å². The smallest absolute Gasteiger partial charge is 0.119 e. The van der Waals surface area contributed by atoms with Gasteiger partial charge in [0, 0.05) is 4.88 Å². The van der Waals surface area contributed by atoms with Crippen molar-refractivity contribution in [3.05, 3.63) is 50.6 Å². The summed E-state index contributed by atoms with van der Waals surface area (Å²) in [4.78, 5) is 1.31. The van der Waals surface area contributed by atoms with Crippen LogP contribution in [0.5, 0.6) is 5.75 Å². The molecule has 0 spiro atoms. The Bertz CT molecular complexity index is 541. The molecule has 0 bridgehead atoms. The van der Waals surface area contributed by atoms with Crippen LogP contribution in [0.1, 0.15) is 36.8 Å². The molecule has 0 saturated carbocycles. The highest BCUT2D eigenvalue weighted by atomic mass is 79.9. The van der Waals surface area contributed by atoms with Crippen molar-refractivity contribution in [2.75, 3.05) is 13.2 Å². The fraction of sp³-hybridized carbons (Fsp3) is 0.375. The summed E-state index contributed by atoms with van der Waals surface area (Å²) in [6.07, 6.45) is 1.03. The molecule has 0 aliphatic rings. The number of halogens is 1. The first kappa shape index (κ1) is 15.5. The topological polar surface area (TPSA) is 21.3 Å². The van der Waals surface area contributed by atoms with Gasteiger partial charge in [0.15, 0.2) is 0 Å². The van der Waals surface area contributed by atoms with Gasteiger partial charge in [-0.25, -0.2) is 0 Å². The lowest BCUT2D eigenvalue weighted by atomic mass is 10.1. The molecule has 2 nitrogen and oxygen atoms in total. The van der Waals surface area contributed by atoms with Gasteiger partial charge in [-0.05, 0) is 58.7 Å². The summed E-state index contributed by atoms with van der Waals surface area (Å²) in [5.74, 6) is 0.947. The SMILES string of the molecule is CCCOc1cccc(C(NCC)c2ccc(Br)s2)c1. The first-order chi connectivity index (χ1) is 9.74. The lowest BCUT2D eigenvalue weighted by Crippen LogP contribution is -2.21. The number of ether oxygens (including phenoxy) is 1. The molecule has 1 aromatic heterocycles. The van der Waals surface area contributed by atoms with Crippen LogP contribution in [0.2, 0.25) is 0 Å². The largest absolute Gasteiger partial charge is 0.494 e. The van der Waals surface area contributed by atoms with Crippen LogP contribution in [0, 0.1) is 0 Å². The maximum absolute atomic E-state index is 5.73. The predicted molar refractivity (Wildman–Crippen MR) is 89.8 cm³/mol. The van der Waals surface area contributed by atoms with E-state index in [1.165, 1.54) is 10.4 Å². The molecule has 0 fully saturated rings. The van der Waals surface area contributed by atoms with Crippen LogP contribution >= 0.6 is 27.3 Å². The number of benzene rings is 1. The number of thiophene rings is 1. The molecule has 4 heteroatoms. The quantitative estimate of drug-likeness (QED) is 0.756. The van der Waals surface area contributed by atoms with Crippen molar-refractivity contribution >= 4 is 27.3 Å². The molecule has 1 aromatic carbocycles. The Morgan fingerprint density at radius 2 is 2.10 bits per heavy atom. The molecule has 2 rings (SSSR count). The normalized spacial score (nSPS) is 12.3. The number of rotatable bonds is 7. The zero-order valence-electron chi connectivity index (χ0n) is 11.9. The van der Waals surface area contributed by atoms with E-state index in [4.69, 9.17) is 4.74 Å². The number of nitrogens with one attached hydrogen (secondary N) is 1. The Morgan fingerprint density at radius 1 is 1.25 bits per heavy atom. The second-order valence-electron chi connectivity index (χ2n) is 4.55. The standard InChI is InChI=1S/C16H20BrNOS/c1-3-10-19-13-7-5-6-12(11-13)16(18-4-2)14-8-9-15(17)20-14/h5-9,11,16,18H,3-4,10H2,1-2H3. The summed E-state index contributed by atoms with van der Waals surface area (Å²) in [6.45, 7) is 5.95. The molecule has 1 atom stereocenters. The van der Waals surface area contributed by atoms with Crippen molar-refractivity contribution in [3.8, 4) is 5.75 Å². The summed E-state index contributed by atoms with van der Waals surface area (Å²) in [7, 11) is 0. The van der Waals surface area contributed by atoms with Gasteiger partial charge >= 0.3 is 0 Å². The maximum atomic E-state index is 5.73. The molecule has 0 radical (unpaired) electrons. The molecular weight excluding hydrogens is 334 g/mol. The number of hydrogen-bond acceptors (Lipinski definition) is 3. The van der Waals surface area contributed by atoms with Crippen LogP contribution in [0.25, 0.3) is 0 Å². The van der Waals surface area contributed by atoms with Gasteiger partial charge in [0.1, 0.15) is 5.75 Å². The van der Waals surface area contributed by atoms with E-state index in [9.17, 15) is 0 Å². The lowest BCUT2D eigenvalue weighted by Gasteiger charge is -2.18. The van der Waals surface area contributed by atoms with Gasteiger partial charge in [0.2, 0.25) is 0 Å². The lowest BCUT2D eigenvalue weighted by molar-refractivity contribution is 0.317. The van der Waals surface area contributed by atoms with Crippen molar-refractivity contribution in [3.63, 3.8) is 0 Å². The molecule has 1 N–H and O–H groups in total. The van der Waals surface area contributed by atoms with Gasteiger partial charge in [-0.2, -0.15) is 0 Å². The Balaban J connectivity index is 2.24. The summed E-state index contributed by atoms with van der Waals surface area (Å²) in [5, 5.41) is 3.55. The van der Waals surface area contributed by atoms with Crippen LogP contribution in [-0.4, -0.2) is 13.2 Å². The molecule has 2 aromatic rings. The van der Waals surface area contributed by atoms with Gasteiger partial charge in [-0.15, -0.1) is 11.3 Å². The van der Waals surface area contributed by atoms with E-state index in [0.717, 1.165) is 29.1 Å². The molecule has 0 aliphatic heterocycles. The fourth-order valence-electron chi connectivity index (χ4n) is 2.07. The Kier molecular flexibility index (Phi) is 6.07. The second-order valence-corrected chi connectivity index (χ2v) is 7.05. The first-order valence-corrected chi connectivity index (χ1v) is 8.57. The highest BCUT2D eigenvalue weighted by molar-refractivity contribution is 9.11. The van der Waals surface area contributed by atoms with Crippen molar-refractivity contribution in [2.45, 2.75) is 26.3 Å². The Labute approximate surface area is 133 Å². The summed E-state index contributed by atoms with van der Waals surface area (Å²) in [5.41, 5.74) is 1.25. The van der Waals surface area contributed by atoms with E-state index >= 15 is 0 Å². The third-order valence-electron chi connectivity index (χ3n) is 2.95. The molecule has 108 valence electrons. The molecule has 0 amide bonds. The van der Waals surface area contributed by atoms with E-state index in [2.05, 4.69) is 65.4 Å². The van der Waals surface area contributed by atoms with E-state index in [-0.39, 0.29) is 6.04 Å². The minimum absolute atomic E-state index is 0.224. The first-order valence-electron chi connectivity index (χ1n) is 6.96. The van der Waals surface area contributed by atoms with Crippen molar-refractivity contribution in [2.24, 2.45) is 0 Å². The van der Waals surface area contributed by atoms with E-state index in [0.29, 0.717) is 0 Å². The zero-order chi connectivity index (χ0) is 14.4. The van der Waals surface area contributed by atoms with Gasteiger partial charge < -0.3 is 10.1 Å². The van der Waals surface area contributed by atoms with Gasteiger partial charge in [0.25, 0.3) is 0 Å². The fourth-order valence-corrected chi connectivity index (χ4v) is 3.60. The van der Waals surface area contributed by atoms with Crippen molar-refractivity contribution < 1.29 is 4.74 Å². The zero-order valence-corrected chi connectivity index (χ0v) is 14.3. The minimum Gasteiger partial charge on any atom is -0.494 e. The maximum Gasteiger partial charge on any atom is 0.119 e. The van der Waals surface area contributed by atoms with Crippen molar-refractivity contribution in [1.82, 2.24) is 5.32 Å². The molecule has 1 unspecified atom stereocenters. The molecule has 20 heavy (non-hydrogen) atoms. The molecule has 1 heterocycles. The van der Waals surface area contributed by atoms with E-state index < -0.39 is 0 Å². The van der Waals surface area contributed by atoms with Crippen LogP contribution in [-0.2, 0) is 0 Å². The molecular formula is C16H20BrNOS. The average molecular weight is 354 g/mol. The highest BCUT2D eigenvalue weighted by Crippen LogP contribution is 2.32. The second kappa shape index (κ2) is 7.81. The Morgan fingerprint density at radius 3 is 2.75 bits per heavy atom. The molecule has 0 aliphatic carbocycles. The summed E-state index contributed by atoms with van der Waals surface area (Å²) < 4.78 is 6.89. The van der Waals surface area contributed by atoms with Gasteiger partial charge in [0.05, 0.1) is 16.4 Å². The van der Waals surface area contributed by atoms with Gasteiger partial charge in [-0.3, -0.25) is 0 Å². The summed E-state index contributed by atoms with van der Waals surface area (Å²) >= 11 is 5.31. The third-order valence-corrected chi connectivity index (χ3v) is 4.64. The van der Waals surface area contributed by atoms with Crippen LogP contribution in [0.3, 0.4) is 0 Å². The Hall–Kier alpha value is -0.840. The minimum atomic E-state index is 0.224. The van der Waals surface area contributed by atoms with E-state index in [1.807, 2.05) is 6.07 Å². The predicted octanol–water partition coefficient (Wildman–Crippen LogP) is 5.00. The van der Waals surface area contributed by atoms with Crippen LogP contribution in [0.4, 0.5) is 0 Å². The monoisotopic (exact) mass is 353 g/mol. The number of hydrogen-bond donors (Lipinski definition) is 1. The summed E-state index contributed by atoms with van der Waals surface area (Å²) in [6, 6.07) is 12.9. The highest BCUT2D eigenvalue weighted by Gasteiger charge is 2.15.